The molecule has 0 aliphatic rings. The van der Waals surface area contributed by atoms with Gasteiger partial charge in [0.1, 0.15) is 5.52 Å². The maximum Gasteiger partial charge on any atom is 0.207 e. The van der Waals surface area contributed by atoms with Crippen LogP contribution in [-0.4, -0.2) is 14.5 Å². The number of benzene rings is 1. The van der Waals surface area contributed by atoms with Gasteiger partial charge in [0.25, 0.3) is 0 Å². The second-order valence-corrected chi connectivity index (χ2v) is 5.92. The first-order valence-electron chi connectivity index (χ1n) is 6.67. The summed E-state index contributed by atoms with van der Waals surface area (Å²) in [5.41, 5.74) is 10.00. The van der Waals surface area contributed by atoms with Crippen molar-refractivity contribution in [3.63, 3.8) is 0 Å². The van der Waals surface area contributed by atoms with E-state index in [-0.39, 0.29) is 5.41 Å². The summed E-state index contributed by atoms with van der Waals surface area (Å²) in [6, 6.07) is 12.0. The molecule has 4 heteroatoms. The summed E-state index contributed by atoms with van der Waals surface area (Å²) in [5, 5.41) is 0. The summed E-state index contributed by atoms with van der Waals surface area (Å²) < 4.78 is 1.93. The number of imidazole rings is 1. The van der Waals surface area contributed by atoms with Crippen LogP contribution in [0.25, 0.3) is 16.9 Å². The quantitative estimate of drug-likeness (QED) is 0.735. The number of rotatable bonds is 1. The summed E-state index contributed by atoms with van der Waals surface area (Å²) in [6.45, 7) is 6.57. The van der Waals surface area contributed by atoms with E-state index in [9.17, 15) is 0 Å². The molecule has 0 fully saturated rings. The first kappa shape index (κ1) is 12.7. The molecular weight excluding hydrogens is 248 g/mol. The van der Waals surface area contributed by atoms with Crippen LogP contribution in [0.5, 0.6) is 0 Å². The summed E-state index contributed by atoms with van der Waals surface area (Å²) in [5.74, 6) is 0.468. The van der Waals surface area contributed by atoms with Crippen molar-refractivity contribution in [2.24, 2.45) is 0 Å². The zero-order valence-corrected chi connectivity index (χ0v) is 12.0. The minimum absolute atomic E-state index is 0.0222. The lowest BCUT2D eigenvalue weighted by Gasteiger charge is -2.23. The highest BCUT2D eigenvalue weighted by Crippen LogP contribution is 2.31. The van der Waals surface area contributed by atoms with E-state index >= 15 is 0 Å². The largest absolute Gasteiger partial charge is 0.369 e. The third-order valence-electron chi connectivity index (χ3n) is 3.39. The van der Waals surface area contributed by atoms with Crippen LogP contribution < -0.4 is 5.73 Å². The SMILES string of the molecule is CC(C)(C)c1ccccc1-n1c(N)nc2cccnc21. The lowest BCUT2D eigenvalue weighted by atomic mass is 9.86. The zero-order valence-electron chi connectivity index (χ0n) is 12.0. The Morgan fingerprint density at radius 3 is 2.55 bits per heavy atom. The number of para-hydroxylation sites is 1. The Morgan fingerprint density at radius 2 is 1.80 bits per heavy atom. The molecule has 0 radical (unpaired) electrons. The number of nitrogens with two attached hydrogens (primary N) is 1. The Labute approximate surface area is 118 Å². The Balaban J connectivity index is 2.35. The number of nitrogen functional groups attached to an aromatic ring is 1. The van der Waals surface area contributed by atoms with Gasteiger partial charge in [-0.05, 0) is 29.2 Å². The summed E-state index contributed by atoms with van der Waals surface area (Å²) in [4.78, 5) is 8.81. The maximum atomic E-state index is 6.11. The molecule has 0 saturated heterocycles. The van der Waals surface area contributed by atoms with E-state index in [4.69, 9.17) is 5.73 Å². The fourth-order valence-electron chi connectivity index (χ4n) is 2.47. The number of hydrogen-bond acceptors (Lipinski definition) is 3. The van der Waals surface area contributed by atoms with Gasteiger partial charge in [-0.15, -0.1) is 0 Å². The first-order chi connectivity index (χ1) is 9.48. The molecule has 1 aromatic carbocycles. The summed E-state index contributed by atoms with van der Waals surface area (Å²) in [7, 11) is 0. The average molecular weight is 266 g/mol. The summed E-state index contributed by atoms with van der Waals surface area (Å²) in [6.07, 6.45) is 1.76. The van der Waals surface area contributed by atoms with Gasteiger partial charge in [0.2, 0.25) is 5.95 Å². The van der Waals surface area contributed by atoms with Crippen molar-refractivity contribution in [2.75, 3.05) is 5.73 Å². The van der Waals surface area contributed by atoms with E-state index in [2.05, 4.69) is 42.9 Å². The number of fused-ring (bicyclic) bond motifs is 1. The standard InChI is InChI=1S/C16H18N4/c1-16(2,3)11-7-4-5-9-13(11)20-14-12(19-15(20)17)8-6-10-18-14/h4-10H,1-3H3,(H2,17,19). The molecule has 0 atom stereocenters. The lowest BCUT2D eigenvalue weighted by Crippen LogP contribution is -2.16. The number of nitrogens with zero attached hydrogens (tertiary/aromatic N) is 3. The second-order valence-electron chi connectivity index (χ2n) is 5.92. The van der Waals surface area contributed by atoms with Gasteiger partial charge in [-0.2, -0.15) is 0 Å². The molecule has 0 spiro atoms. The molecule has 102 valence electrons. The monoisotopic (exact) mass is 266 g/mol. The molecule has 3 rings (SSSR count). The summed E-state index contributed by atoms with van der Waals surface area (Å²) >= 11 is 0. The number of anilines is 1. The molecule has 20 heavy (non-hydrogen) atoms. The molecule has 2 N–H and O–H groups in total. The van der Waals surface area contributed by atoms with Crippen molar-refractivity contribution in [1.82, 2.24) is 14.5 Å². The fourth-order valence-corrected chi connectivity index (χ4v) is 2.47. The average Bonchev–Trinajstić information content (AvgIpc) is 2.73. The molecule has 2 heterocycles. The Bertz CT molecular complexity index is 765. The smallest absolute Gasteiger partial charge is 0.207 e. The normalized spacial score (nSPS) is 11.9. The van der Waals surface area contributed by atoms with Crippen LogP contribution in [0.1, 0.15) is 26.3 Å². The van der Waals surface area contributed by atoms with Crippen LogP contribution in [0.2, 0.25) is 0 Å². The van der Waals surface area contributed by atoms with Gasteiger partial charge in [0, 0.05) is 6.20 Å². The van der Waals surface area contributed by atoms with Crippen molar-refractivity contribution >= 4 is 17.1 Å². The lowest BCUT2D eigenvalue weighted by molar-refractivity contribution is 0.587. The molecule has 2 aromatic heterocycles. The molecule has 0 bridgehead atoms. The zero-order chi connectivity index (χ0) is 14.3. The third-order valence-corrected chi connectivity index (χ3v) is 3.39. The maximum absolute atomic E-state index is 6.11. The van der Waals surface area contributed by atoms with Gasteiger partial charge in [-0.3, -0.25) is 4.57 Å². The fraction of sp³-hybridized carbons (Fsp3) is 0.250. The van der Waals surface area contributed by atoms with Crippen molar-refractivity contribution in [2.45, 2.75) is 26.2 Å². The molecule has 0 amide bonds. The van der Waals surface area contributed by atoms with Crippen molar-refractivity contribution in [3.8, 4) is 5.69 Å². The molecule has 4 nitrogen and oxygen atoms in total. The van der Waals surface area contributed by atoms with E-state index in [0.717, 1.165) is 16.9 Å². The van der Waals surface area contributed by atoms with Crippen molar-refractivity contribution in [3.05, 3.63) is 48.2 Å². The highest BCUT2D eigenvalue weighted by molar-refractivity contribution is 5.77. The minimum atomic E-state index is 0.0222. The van der Waals surface area contributed by atoms with E-state index in [0.29, 0.717) is 5.95 Å². The Kier molecular flexibility index (Phi) is 2.74. The highest BCUT2D eigenvalue weighted by atomic mass is 15.2. The van der Waals surface area contributed by atoms with Gasteiger partial charge < -0.3 is 5.73 Å². The van der Waals surface area contributed by atoms with Gasteiger partial charge in [0.15, 0.2) is 5.65 Å². The predicted octanol–water partition coefficient (Wildman–Crippen LogP) is 3.30. The second kappa shape index (κ2) is 4.34. The van der Waals surface area contributed by atoms with E-state index in [1.165, 1.54) is 5.56 Å². The van der Waals surface area contributed by atoms with Gasteiger partial charge in [-0.25, -0.2) is 9.97 Å². The van der Waals surface area contributed by atoms with Crippen LogP contribution in [0.4, 0.5) is 5.95 Å². The van der Waals surface area contributed by atoms with E-state index < -0.39 is 0 Å². The van der Waals surface area contributed by atoms with E-state index in [1.54, 1.807) is 6.20 Å². The topological polar surface area (TPSA) is 56.7 Å². The van der Waals surface area contributed by atoms with Crippen LogP contribution in [0.3, 0.4) is 0 Å². The van der Waals surface area contributed by atoms with E-state index in [1.807, 2.05) is 28.8 Å². The van der Waals surface area contributed by atoms with Crippen LogP contribution >= 0.6 is 0 Å². The first-order valence-corrected chi connectivity index (χ1v) is 6.67. The predicted molar refractivity (Wildman–Crippen MR) is 82.0 cm³/mol. The van der Waals surface area contributed by atoms with Gasteiger partial charge in [-0.1, -0.05) is 39.0 Å². The Hall–Kier alpha value is -2.36. The molecule has 0 aliphatic carbocycles. The van der Waals surface area contributed by atoms with Crippen LogP contribution in [-0.2, 0) is 5.41 Å². The number of aromatic nitrogens is 3. The third kappa shape index (κ3) is 1.93. The molecule has 0 saturated carbocycles. The number of hydrogen-bond donors (Lipinski definition) is 1. The Morgan fingerprint density at radius 1 is 1.05 bits per heavy atom. The van der Waals surface area contributed by atoms with Crippen LogP contribution in [0, 0.1) is 0 Å². The molecule has 3 aromatic rings. The minimum Gasteiger partial charge on any atom is -0.369 e. The van der Waals surface area contributed by atoms with Crippen molar-refractivity contribution < 1.29 is 0 Å². The molecular formula is C16H18N4. The highest BCUT2D eigenvalue weighted by Gasteiger charge is 2.21. The number of pyridine rings is 1. The van der Waals surface area contributed by atoms with Crippen molar-refractivity contribution in [1.29, 1.82) is 0 Å². The molecule has 0 unspecified atom stereocenters. The van der Waals surface area contributed by atoms with Gasteiger partial charge in [0.05, 0.1) is 5.69 Å². The molecule has 0 aliphatic heterocycles. The van der Waals surface area contributed by atoms with Crippen LogP contribution in [0.15, 0.2) is 42.6 Å². The van der Waals surface area contributed by atoms with Gasteiger partial charge >= 0.3 is 0 Å².